The van der Waals surface area contributed by atoms with E-state index in [1.54, 1.807) is 18.2 Å². The Morgan fingerprint density at radius 3 is 2.75 bits per heavy atom. The number of halogens is 2. The Labute approximate surface area is 128 Å². The second-order valence-electron chi connectivity index (χ2n) is 3.91. The highest BCUT2D eigenvalue weighted by atomic mass is 79.9. The van der Waals surface area contributed by atoms with E-state index in [2.05, 4.69) is 15.9 Å². The van der Waals surface area contributed by atoms with Gasteiger partial charge in [-0.3, -0.25) is 0 Å². The molecule has 7 heteroatoms. The number of hydrogen-bond acceptors (Lipinski definition) is 4. The molecule has 0 fully saturated rings. The van der Waals surface area contributed by atoms with E-state index < -0.39 is 5.97 Å². The normalized spacial score (nSPS) is 10.1. The highest BCUT2D eigenvalue weighted by molar-refractivity contribution is 9.10. The topological polar surface area (TPSA) is 81.0 Å². The molecule has 0 saturated heterocycles. The van der Waals surface area contributed by atoms with Crippen molar-refractivity contribution in [1.82, 2.24) is 4.57 Å². The average molecular weight is 355 g/mol. The number of nitriles is 1. The van der Waals surface area contributed by atoms with Gasteiger partial charge in [0.1, 0.15) is 6.07 Å². The zero-order valence-electron chi connectivity index (χ0n) is 10.4. The van der Waals surface area contributed by atoms with Gasteiger partial charge < -0.3 is 15.0 Å². The fourth-order valence-electron chi connectivity index (χ4n) is 1.80. The molecule has 0 saturated carbocycles. The lowest BCUT2D eigenvalue weighted by Gasteiger charge is -2.09. The van der Waals surface area contributed by atoms with Crippen molar-refractivity contribution in [3.05, 3.63) is 45.1 Å². The van der Waals surface area contributed by atoms with Crippen molar-refractivity contribution < 1.29 is 9.53 Å². The summed E-state index contributed by atoms with van der Waals surface area (Å²) in [5.74, 6) is -0.625. The zero-order chi connectivity index (χ0) is 14.9. The number of esters is 1. The van der Waals surface area contributed by atoms with E-state index in [9.17, 15) is 4.79 Å². The first-order valence-electron chi connectivity index (χ1n) is 5.43. The lowest BCUT2D eigenvalue weighted by Crippen LogP contribution is -2.11. The second-order valence-corrected chi connectivity index (χ2v) is 5.26. The van der Waals surface area contributed by atoms with Crippen LogP contribution in [-0.2, 0) is 4.74 Å². The maximum Gasteiger partial charge on any atom is 0.357 e. The largest absolute Gasteiger partial charge is 0.464 e. The third-order valence-corrected chi connectivity index (χ3v) is 3.35. The average Bonchev–Trinajstić information content (AvgIpc) is 2.73. The molecule has 0 radical (unpaired) electrons. The van der Waals surface area contributed by atoms with Crippen LogP contribution in [0, 0.1) is 11.3 Å². The molecular weight excluding hydrogens is 346 g/mol. The molecule has 0 atom stereocenters. The molecule has 0 aliphatic carbocycles. The van der Waals surface area contributed by atoms with E-state index in [0.29, 0.717) is 10.7 Å². The van der Waals surface area contributed by atoms with Crippen molar-refractivity contribution in [1.29, 1.82) is 5.26 Å². The number of rotatable bonds is 2. The van der Waals surface area contributed by atoms with Gasteiger partial charge in [-0.25, -0.2) is 4.79 Å². The Balaban J connectivity index is 2.73. The predicted octanol–water partition coefficient (Wildman–Crippen LogP) is 3.13. The molecular formula is C13H9BrClN3O2. The SMILES string of the molecule is COC(=O)c1c(N)c(C#N)cn1-c1cc(Cl)cc(Br)c1. The van der Waals surface area contributed by atoms with Crippen LogP contribution in [-0.4, -0.2) is 17.6 Å². The molecule has 5 nitrogen and oxygen atoms in total. The minimum absolute atomic E-state index is 0.0791. The van der Waals surface area contributed by atoms with Crippen molar-refractivity contribution >= 4 is 39.2 Å². The molecule has 0 amide bonds. The standard InChI is InChI=1S/C13H9BrClN3O2/c1-20-13(19)12-11(17)7(5-16)6-18(12)10-3-8(14)2-9(15)4-10/h2-4,6H,17H2,1H3. The van der Waals surface area contributed by atoms with Gasteiger partial charge in [0.25, 0.3) is 0 Å². The first-order valence-corrected chi connectivity index (χ1v) is 6.60. The minimum atomic E-state index is -0.625. The van der Waals surface area contributed by atoms with Crippen LogP contribution in [0.4, 0.5) is 5.69 Å². The highest BCUT2D eigenvalue weighted by Crippen LogP contribution is 2.28. The van der Waals surface area contributed by atoms with Crippen LogP contribution in [0.1, 0.15) is 16.1 Å². The number of nitrogens with zero attached hydrogens (tertiary/aromatic N) is 2. The van der Waals surface area contributed by atoms with Crippen LogP contribution in [0.3, 0.4) is 0 Å². The molecule has 0 unspecified atom stereocenters. The number of nitrogen functional groups attached to an aromatic ring is 1. The van der Waals surface area contributed by atoms with Crippen LogP contribution in [0.25, 0.3) is 5.69 Å². The quantitative estimate of drug-likeness (QED) is 0.840. The molecule has 0 aliphatic heterocycles. The first-order chi connectivity index (χ1) is 9.47. The van der Waals surface area contributed by atoms with E-state index in [0.717, 1.165) is 4.47 Å². The van der Waals surface area contributed by atoms with Crippen molar-refractivity contribution in [2.24, 2.45) is 0 Å². The predicted molar refractivity (Wildman–Crippen MR) is 78.9 cm³/mol. The third kappa shape index (κ3) is 2.50. The number of ether oxygens (including phenoxy) is 1. The van der Waals surface area contributed by atoms with Gasteiger partial charge in [-0.2, -0.15) is 5.26 Å². The van der Waals surface area contributed by atoms with E-state index in [1.807, 2.05) is 6.07 Å². The summed E-state index contributed by atoms with van der Waals surface area (Å²) in [4.78, 5) is 11.9. The summed E-state index contributed by atoms with van der Waals surface area (Å²) >= 11 is 9.31. The Kier molecular flexibility index (Phi) is 4.02. The number of aromatic nitrogens is 1. The van der Waals surface area contributed by atoms with E-state index in [4.69, 9.17) is 27.3 Å². The molecule has 0 spiro atoms. The summed E-state index contributed by atoms with van der Waals surface area (Å²) < 4.78 is 6.92. The summed E-state index contributed by atoms with van der Waals surface area (Å²) in [7, 11) is 1.25. The number of carbonyl (C=O) groups is 1. The Morgan fingerprint density at radius 2 is 2.20 bits per heavy atom. The van der Waals surface area contributed by atoms with Crippen molar-refractivity contribution in [2.45, 2.75) is 0 Å². The van der Waals surface area contributed by atoms with E-state index >= 15 is 0 Å². The first kappa shape index (κ1) is 14.4. The summed E-state index contributed by atoms with van der Waals surface area (Å²) in [6.45, 7) is 0. The second kappa shape index (κ2) is 5.57. The zero-order valence-corrected chi connectivity index (χ0v) is 12.7. The summed E-state index contributed by atoms with van der Waals surface area (Å²) in [5, 5.41) is 9.52. The van der Waals surface area contributed by atoms with E-state index in [1.165, 1.54) is 17.9 Å². The lowest BCUT2D eigenvalue weighted by molar-refractivity contribution is 0.0593. The summed E-state index contributed by atoms with van der Waals surface area (Å²) in [5.41, 5.74) is 6.78. The Bertz CT molecular complexity index is 714. The fraction of sp³-hybridized carbons (Fsp3) is 0.0769. The highest BCUT2D eigenvalue weighted by Gasteiger charge is 2.21. The van der Waals surface area contributed by atoms with Crippen LogP contribution >= 0.6 is 27.5 Å². The molecule has 2 N–H and O–H groups in total. The van der Waals surface area contributed by atoms with Gasteiger partial charge in [0, 0.05) is 21.4 Å². The van der Waals surface area contributed by atoms with Crippen LogP contribution in [0.2, 0.25) is 5.02 Å². The lowest BCUT2D eigenvalue weighted by atomic mass is 10.2. The molecule has 0 bridgehead atoms. The van der Waals surface area contributed by atoms with Gasteiger partial charge >= 0.3 is 5.97 Å². The van der Waals surface area contributed by atoms with Crippen molar-refractivity contribution in [3.63, 3.8) is 0 Å². The van der Waals surface area contributed by atoms with Crippen molar-refractivity contribution in [3.8, 4) is 11.8 Å². The van der Waals surface area contributed by atoms with Gasteiger partial charge in [0.05, 0.1) is 18.4 Å². The number of nitrogens with two attached hydrogens (primary N) is 1. The molecule has 2 aromatic rings. The summed E-state index contributed by atoms with van der Waals surface area (Å²) in [6, 6.07) is 7.05. The maximum atomic E-state index is 11.9. The van der Waals surface area contributed by atoms with Crippen LogP contribution < -0.4 is 5.73 Å². The number of benzene rings is 1. The minimum Gasteiger partial charge on any atom is -0.464 e. The van der Waals surface area contributed by atoms with Gasteiger partial charge in [-0.1, -0.05) is 27.5 Å². The maximum absolute atomic E-state index is 11.9. The molecule has 0 aliphatic rings. The van der Waals surface area contributed by atoms with Gasteiger partial charge in [0.15, 0.2) is 5.69 Å². The molecule has 2 rings (SSSR count). The molecule has 1 aromatic carbocycles. The van der Waals surface area contributed by atoms with Gasteiger partial charge in [0.2, 0.25) is 0 Å². The molecule has 1 heterocycles. The van der Waals surface area contributed by atoms with Crippen LogP contribution in [0.15, 0.2) is 28.9 Å². The number of hydrogen-bond donors (Lipinski definition) is 1. The molecule has 102 valence electrons. The van der Waals surface area contributed by atoms with E-state index in [-0.39, 0.29) is 16.9 Å². The monoisotopic (exact) mass is 353 g/mol. The smallest absolute Gasteiger partial charge is 0.357 e. The number of carbonyl (C=O) groups excluding carboxylic acids is 1. The Morgan fingerprint density at radius 1 is 1.50 bits per heavy atom. The summed E-state index contributed by atoms with van der Waals surface area (Å²) in [6.07, 6.45) is 1.47. The van der Waals surface area contributed by atoms with Gasteiger partial charge in [-0.15, -0.1) is 0 Å². The van der Waals surface area contributed by atoms with Crippen molar-refractivity contribution in [2.75, 3.05) is 12.8 Å². The molecule has 20 heavy (non-hydrogen) atoms. The van der Waals surface area contributed by atoms with Crippen LogP contribution in [0.5, 0.6) is 0 Å². The van der Waals surface area contributed by atoms with Gasteiger partial charge in [-0.05, 0) is 18.2 Å². The number of anilines is 1. The molecule has 1 aromatic heterocycles. The fourth-order valence-corrected chi connectivity index (χ4v) is 2.64. The Hall–Kier alpha value is -1.97. The third-order valence-electron chi connectivity index (χ3n) is 2.67. The number of methoxy groups -OCH3 is 1.